The Balaban J connectivity index is 2.12. The van der Waals surface area contributed by atoms with Crippen molar-refractivity contribution in [3.05, 3.63) is 70.8 Å². The third-order valence-corrected chi connectivity index (χ3v) is 5.53. The maximum atomic E-state index is 13.0. The monoisotopic (exact) mass is 423 g/mol. The first kappa shape index (κ1) is 22.6. The molecule has 6 nitrogen and oxygen atoms in total. The number of carbonyl (C=O) groups excluding carboxylic acids is 2. The molecule has 1 aliphatic rings. The average Bonchev–Trinajstić information content (AvgIpc) is 3.01. The number of carbonyl (C=O) groups is 2. The van der Waals surface area contributed by atoms with E-state index in [0.29, 0.717) is 11.3 Å². The van der Waals surface area contributed by atoms with Gasteiger partial charge in [0.15, 0.2) is 0 Å². The van der Waals surface area contributed by atoms with E-state index < -0.39 is 17.7 Å². The molecule has 1 N–H and O–H groups in total. The van der Waals surface area contributed by atoms with E-state index in [1.165, 1.54) is 4.90 Å². The van der Waals surface area contributed by atoms with Crippen molar-refractivity contribution < 1.29 is 24.2 Å². The number of likely N-dealkylation sites (tertiary alicyclic amines) is 1. The molecule has 0 saturated carbocycles. The van der Waals surface area contributed by atoms with Gasteiger partial charge in [0.2, 0.25) is 0 Å². The lowest BCUT2D eigenvalue weighted by Crippen LogP contribution is -2.32. The third-order valence-electron chi connectivity index (χ3n) is 5.53. The van der Waals surface area contributed by atoms with Gasteiger partial charge < -0.3 is 19.5 Å². The Bertz CT molecular complexity index is 984. The van der Waals surface area contributed by atoms with Gasteiger partial charge in [-0.1, -0.05) is 45.0 Å². The van der Waals surface area contributed by atoms with Crippen LogP contribution in [0.15, 0.2) is 54.1 Å². The van der Waals surface area contributed by atoms with Crippen molar-refractivity contribution in [3.63, 3.8) is 0 Å². The second-order valence-electron chi connectivity index (χ2n) is 8.59. The van der Waals surface area contributed by atoms with Crippen LogP contribution >= 0.6 is 0 Å². The van der Waals surface area contributed by atoms with Crippen LogP contribution in [0.4, 0.5) is 0 Å². The number of hydrogen-bond donors (Lipinski definition) is 1. The Hall–Kier alpha value is -3.12. The Morgan fingerprint density at radius 3 is 2.13 bits per heavy atom. The Morgan fingerprint density at radius 1 is 1.00 bits per heavy atom. The predicted octanol–water partition coefficient (Wildman–Crippen LogP) is 4.06. The van der Waals surface area contributed by atoms with Gasteiger partial charge in [-0.05, 0) is 40.8 Å². The highest BCUT2D eigenvalue weighted by Crippen LogP contribution is 2.40. The molecule has 1 heterocycles. The van der Waals surface area contributed by atoms with Crippen molar-refractivity contribution in [2.75, 3.05) is 27.4 Å². The van der Waals surface area contributed by atoms with Gasteiger partial charge in [-0.25, -0.2) is 0 Å². The number of aliphatic hydroxyl groups is 1. The molecule has 0 bridgehead atoms. The quantitative estimate of drug-likeness (QED) is 0.431. The van der Waals surface area contributed by atoms with Gasteiger partial charge in [0, 0.05) is 19.2 Å². The molecule has 1 amide bonds. The summed E-state index contributed by atoms with van der Waals surface area (Å²) in [6, 6.07) is 13.9. The van der Waals surface area contributed by atoms with E-state index in [4.69, 9.17) is 9.47 Å². The summed E-state index contributed by atoms with van der Waals surface area (Å²) in [4.78, 5) is 27.2. The van der Waals surface area contributed by atoms with Crippen molar-refractivity contribution >= 4 is 17.4 Å². The number of ether oxygens (including phenoxy) is 2. The summed E-state index contributed by atoms with van der Waals surface area (Å²) in [6.45, 7) is 6.89. The number of hydrogen-bond acceptors (Lipinski definition) is 5. The summed E-state index contributed by atoms with van der Waals surface area (Å²) in [5.41, 5.74) is 2.40. The highest BCUT2D eigenvalue weighted by molar-refractivity contribution is 6.46. The van der Waals surface area contributed by atoms with Crippen LogP contribution in [0.5, 0.6) is 5.75 Å². The van der Waals surface area contributed by atoms with Crippen molar-refractivity contribution in [1.82, 2.24) is 4.90 Å². The zero-order valence-electron chi connectivity index (χ0n) is 18.6. The molecule has 0 aliphatic carbocycles. The van der Waals surface area contributed by atoms with Gasteiger partial charge >= 0.3 is 0 Å². The SMILES string of the molecule is COCCN1C(=O)C(=O)C(=C(O)c2ccc(OC)cc2)C1c1ccc(C(C)(C)C)cc1. The fourth-order valence-electron chi connectivity index (χ4n) is 3.72. The Labute approximate surface area is 183 Å². The zero-order valence-corrected chi connectivity index (χ0v) is 18.6. The minimum atomic E-state index is -0.700. The molecule has 164 valence electrons. The molecule has 1 atom stereocenters. The molecule has 0 radical (unpaired) electrons. The molecule has 0 aromatic heterocycles. The van der Waals surface area contributed by atoms with Gasteiger partial charge in [-0.2, -0.15) is 0 Å². The summed E-state index contributed by atoms with van der Waals surface area (Å²) in [5.74, 6) is -0.913. The normalized spacial score (nSPS) is 18.5. The number of rotatable bonds is 6. The first-order chi connectivity index (χ1) is 14.7. The van der Waals surface area contributed by atoms with E-state index >= 15 is 0 Å². The first-order valence-corrected chi connectivity index (χ1v) is 10.2. The predicted molar refractivity (Wildman–Crippen MR) is 119 cm³/mol. The van der Waals surface area contributed by atoms with Crippen molar-refractivity contribution in [2.45, 2.75) is 32.2 Å². The number of methoxy groups -OCH3 is 2. The second kappa shape index (κ2) is 8.94. The molecule has 6 heteroatoms. The summed E-state index contributed by atoms with van der Waals surface area (Å²) in [6.07, 6.45) is 0. The molecule has 1 fully saturated rings. The zero-order chi connectivity index (χ0) is 22.8. The minimum absolute atomic E-state index is 0.0283. The molecule has 0 spiro atoms. The number of amides is 1. The first-order valence-electron chi connectivity index (χ1n) is 10.2. The molecule has 1 unspecified atom stereocenters. The van der Waals surface area contributed by atoms with Crippen LogP contribution in [0.3, 0.4) is 0 Å². The highest BCUT2D eigenvalue weighted by Gasteiger charge is 2.45. The van der Waals surface area contributed by atoms with Gasteiger partial charge in [0.05, 0.1) is 25.3 Å². The van der Waals surface area contributed by atoms with E-state index in [1.54, 1.807) is 38.5 Å². The maximum absolute atomic E-state index is 13.0. The van der Waals surface area contributed by atoms with Crippen LogP contribution in [0.1, 0.15) is 43.5 Å². The Morgan fingerprint density at radius 2 is 1.61 bits per heavy atom. The van der Waals surface area contributed by atoms with E-state index in [1.807, 2.05) is 24.3 Å². The number of nitrogens with zero attached hydrogens (tertiary/aromatic N) is 1. The smallest absolute Gasteiger partial charge is 0.295 e. The fourth-order valence-corrected chi connectivity index (χ4v) is 3.72. The molecular weight excluding hydrogens is 394 g/mol. The summed E-state index contributed by atoms with van der Waals surface area (Å²) in [5, 5.41) is 11.0. The number of ketones is 1. The lowest BCUT2D eigenvalue weighted by Gasteiger charge is -2.26. The molecular formula is C25H29NO5. The third kappa shape index (κ3) is 4.49. The molecule has 2 aromatic carbocycles. The molecule has 1 aliphatic heterocycles. The van der Waals surface area contributed by atoms with Crippen LogP contribution < -0.4 is 4.74 Å². The van der Waals surface area contributed by atoms with Crippen molar-refractivity contribution in [2.24, 2.45) is 0 Å². The van der Waals surface area contributed by atoms with Crippen LogP contribution in [0.2, 0.25) is 0 Å². The summed E-state index contributed by atoms with van der Waals surface area (Å²) in [7, 11) is 3.10. The fraction of sp³-hybridized carbons (Fsp3) is 0.360. The van der Waals surface area contributed by atoms with Crippen LogP contribution in [0.25, 0.3) is 5.76 Å². The summed E-state index contributed by atoms with van der Waals surface area (Å²) < 4.78 is 10.3. The van der Waals surface area contributed by atoms with Crippen molar-refractivity contribution in [1.29, 1.82) is 0 Å². The standard InChI is InChI=1S/C25H29NO5/c1-25(2,3)18-10-6-16(7-11-18)21-20(23(28)24(29)26(21)14-15-30-4)22(27)17-8-12-19(31-5)13-9-17/h6-13,21,27H,14-15H2,1-5H3. The highest BCUT2D eigenvalue weighted by atomic mass is 16.5. The number of aliphatic hydroxyl groups excluding tert-OH is 1. The van der Waals surface area contributed by atoms with Crippen LogP contribution in [-0.2, 0) is 19.7 Å². The van der Waals surface area contributed by atoms with E-state index in [2.05, 4.69) is 20.8 Å². The van der Waals surface area contributed by atoms with Gasteiger partial charge in [-0.3, -0.25) is 9.59 Å². The van der Waals surface area contributed by atoms with E-state index in [-0.39, 0.29) is 29.9 Å². The van der Waals surface area contributed by atoms with Crippen molar-refractivity contribution in [3.8, 4) is 5.75 Å². The lowest BCUT2D eigenvalue weighted by molar-refractivity contribution is -0.140. The lowest BCUT2D eigenvalue weighted by atomic mass is 9.85. The van der Waals surface area contributed by atoms with Crippen LogP contribution in [-0.4, -0.2) is 49.1 Å². The Kier molecular flexibility index (Phi) is 6.51. The van der Waals surface area contributed by atoms with Gasteiger partial charge in [-0.15, -0.1) is 0 Å². The second-order valence-corrected chi connectivity index (χ2v) is 8.59. The van der Waals surface area contributed by atoms with E-state index in [0.717, 1.165) is 11.1 Å². The topological polar surface area (TPSA) is 76.1 Å². The minimum Gasteiger partial charge on any atom is -0.507 e. The maximum Gasteiger partial charge on any atom is 0.295 e. The number of benzene rings is 2. The molecule has 1 saturated heterocycles. The molecule has 31 heavy (non-hydrogen) atoms. The van der Waals surface area contributed by atoms with Crippen LogP contribution in [0, 0.1) is 0 Å². The number of Topliss-reactive ketones (excluding diaryl/α,β-unsaturated/α-hetero) is 1. The van der Waals surface area contributed by atoms with Gasteiger partial charge in [0.25, 0.3) is 11.7 Å². The largest absolute Gasteiger partial charge is 0.507 e. The molecule has 3 rings (SSSR count). The van der Waals surface area contributed by atoms with Gasteiger partial charge in [0.1, 0.15) is 11.5 Å². The summed E-state index contributed by atoms with van der Waals surface area (Å²) >= 11 is 0. The molecule has 2 aromatic rings. The average molecular weight is 424 g/mol. The van der Waals surface area contributed by atoms with E-state index in [9.17, 15) is 14.7 Å².